The minimum Gasteiger partial charge on any atom is -0.399 e. The lowest BCUT2D eigenvalue weighted by atomic mass is 10.3. The van der Waals surface area contributed by atoms with Crippen LogP contribution in [-0.2, 0) is 0 Å². The number of nitrogens with two attached hydrogens (primary N) is 1. The van der Waals surface area contributed by atoms with Crippen molar-refractivity contribution in [1.82, 2.24) is 4.98 Å². The van der Waals surface area contributed by atoms with Crippen LogP contribution >= 0.6 is 11.3 Å². The zero-order valence-electron chi connectivity index (χ0n) is 8.74. The Hall–Kier alpha value is -1.55. The van der Waals surface area contributed by atoms with E-state index in [4.69, 9.17) is 5.73 Å². The first-order valence-corrected chi connectivity index (χ1v) is 5.53. The highest BCUT2D eigenvalue weighted by molar-refractivity contribution is 7.15. The zero-order valence-corrected chi connectivity index (χ0v) is 9.56. The Morgan fingerprint density at radius 3 is 2.40 bits per heavy atom. The van der Waals surface area contributed by atoms with Crippen molar-refractivity contribution < 1.29 is 0 Å². The van der Waals surface area contributed by atoms with Gasteiger partial charge in [-0.2, -0.15) is 0 Å². The Kier molecular flexibility index (Phi) is 2.60. The fourth-order valence-corrected chi connectivity index (χ4v) is 2.05. The van der Waals surface area contributed by atoms with Crippen LogP contribution in [0.15, 0.2) is 24.3 Å². The van der Waals surface area contributed by atoms with Crippen LogP contribution in [0.4, 0.5) is 16.5 Å². The number of aromatic nitrogens is 1. The van der Waals surface area contributed by atoms with E-state index in [9.17, 15) is 0 Å². The summed E-state index contributed by atoms with van der Waals surface area (Å²) in [4.78, 5) is 5.65. The third-order valence-corrected chi connectivity index (χ3v) is 3.18. The summed E-state index contributed by atoms with van der Waals surface area (Å²) in [6.07, 6.45) is 0. The van der Waals surface area contributed by atoms with E-state index in [1.54, 1.807) is 11.3 Å². The SMILES string of the molecule is Cc1nc(Nc2ccc(N)cc2)sc1C. The number of nitrogens with one attached hydrogen (secondary N) is 1. The molecule has 0 spiro atoms. The molecular formula is C11H13N3S. The second-order valence-electron chi connectivity index (χ2n) is 3.41. The molecule has 1 aromatic carbocycles. The molecule has 1 aromatic heterocycles. The highest BCUT2D eigenvalue weighted by Gasteiger charge is 2.02. The molecule has 1 heterocycles. The maximum absolute atomic E-state index is 5.61. The van der Waals surface area contributed by atoms with Gasteiger partial charge in [0.15, 0.2) is 5.13 Å². The van der Waals surface area contributed by atoms with Crippen molar-refractivity contribution in [2.24, 2.45) is 0 Å². The van der Waals surface area contributed by atoms with E-state index in [0.29, 0.717) is 0 Å². The van der Waals surface area contributed by atoms with Gasteiger partial charge in [0, 0.05) is 16.3 Å². The second-order valence-corrected chi connectivity index (χ2v) is 4.61. The number of nitrogen functional groups attached to an aromatic ring is 1. The lowest BCUT2D eigenvalue weighted by Gasteiger charge is -2.01. The van der Waals surface area contributed by atoms with Crippen LogP contribution in [0.2, 0.25) is 0 Å². The summed E-state index contributed by atoms with van der Waals surface area (Å²) in [7, 11) is 0. The molecule has 2 rings (SSSR count). The minimum atomic E-state index is 0.770. The van der Waals surface area contributed by atoms with E-state index in [0.717, 1.165) is 22.2 Å². The lowest BCUT2D eigenvalue weighted by Crippen LogP contribution is -1.90. The standard InChI is InChI=1S/C11H13N3S/c1-7-8(2)15-11(13-7)14-10-5-3-9(12)4-6-10/h3-6H,12H2,1-2H3,(H,13,14). The number of nitrogens with zero attached hydrogens (tertiary/aromatic N) is 1. The average Bonchev–Trinajstić information content (AvgIpc) is 2.50. The molecule has 0 amide bonds. The van der Waals surface area contributed by atoms with Gasteiger partial charge in [0.1, 0.15) is 0 Å². The van der Waals surface area contributed by atoms with Crippen LogP contribution in [0.1, 0.15) is 10.6 Å². The molecule has 4 heteroatoms. The third-order valence-electron chi connectivity index (χ3n) is 2.19. The van der Waals surface area contributed by atoms with E-state index in [2.05, 4.69) is 17.2 Å². The molecule has 15 heavy (non-hydrogen) atoms. The van der Waals surface area contributed by atoms with Crippen molar-refractivity contribution in [2.45, 2.75) is 13.8 Å². The van der Waals surface area contributed by atoms with Gasteiger partial charge in [0.25, 0.3) is 0 Å². The van der Waals surface area contributed by atoms with E-state index in [-0.39, 0.29) is 0 Å². The smallest absolute Gasteiger partial charge is 0.187 e. The fourth-order valence-electron chi connectivity index (χ4n) is 1.22. The van der Waals surface area contributed by atoms with Gasteiger partial charge in [0.2, 0.25) is 0 Å². The first-order valence-electron chi connectivity index (χ1n) is 4.72. The topological polar surface area (TPSA) is 50.9 Å². The van der Waals surface area contributed by atoms with Gasteiger partial charge in [-0.05, 0) is 38.1 Å². The Bertz CT molecular complexity index is 440. The van der Waals surface area contributed by atoms with Crippen LogP contribution in [0.5, 0.6) is 0 Å². The van der Waals surface area contributed by atoms with Gasteiger partial charge in [-0.1, -0.05) is 0 Å². The van der Waals surface area contributed by atoms with E-state index in [1.807, 2.05) is 31.2 Å². The van der Waals surface area contributed by atoms with Gasteiger partial charge in [-0.15, -0.1) is 11.3 Å². The van der Waals surface area contributed by atoms with Gasteiger partial charge in [0.05, 0.1) is 5.69 Å². The summed E-state index contributed by atoms with van der Waals surface area (Å²) in [5.41, 5.74) is 8.47. The molecule has 0 aliphatic carbocycles. The van der Waals surface area contributed by atoms with Crippen LogP contribution in [0.25, 0.3) is 0 Å². The van der Waals surface area contributed by atoms with Crippen molar-refractivity contribution >= 4 is 27.8 Å². The number of hydrogen-bond donors (Lipinski definition) is 2. The van der Waals surface area contributed by atoms with Crippen molar-refractivity contribution in [3.8, 4) is 0 Å². The minimum absolute atomic E-state index is 0.770. The summed E-state index contributed by atoms with van der Waals surface area (Å²) in [6, 6.07) is 7.63. The van der Waals surface area contributed by atoms with Crippen LogP contribution in [0, 0.1) is 13.8 Å². The lowest BCUT2D eigenvalue weighted by molar-refractivity contribution is 1.23. The zero-order chi connectivity index (χ0) is 10.8. The normalized spacial score (nSPS) is 10.3. The quantitative estimate of drug-likeness (QED) is 0.763. The average molecular weight is 219 g/mol. The van der Waals surface area contributed by atoms with Gasteiger partial charge in [-0.25, -0.2) is 4.98 Å². The van der Waals surface area contributed by atoms with Crippen LogP contribution in [0.3, 0.4) is 0 Å². The molecule has 2 aromatic rings. The molecule has 78 valence electrons. The van der Waals surface area contributed by atoms with Crippen molar-refractivity contribution in [1.29, 1.82) is 0 Å². The summed E-state index contributed by atoms with van der Waals surface area (Å²) in [5, 5.41) is 4.17. The summed E-state index contributed by atoms with van der Waals surface area (Å²) in [5.74, 6) is 0. The molecule has 3 nitrogen and oxygen atoms in total. The number of thiazole rings is 1. The van der Waals surface area contributed by atoms with E-state index in [1.165, 1.54) is 4.88 Å². The predicted molar refractivity (Wildman–Crippen MR) is 65.7 cm³/mol. The van der Waals surface area contributed by atoms with Crippen molar-refractivity contribution in [2.75, 3.05) is 11.1 Å². The second kappa shape index (κ2) is 3.90. The fraction of sp³-hybridized carbons (Fsp3) is 0.182. The summed E-state index contributed by atoms with van der Waals surface area (Å²) < 4.78 is 0. The molecular weight excluding hydrogens is 206 g/mol. The van der Waals surface area contributed by atoms with Gasteiger partial charge in [-0.3, -0.25) is 0 Å². The summed E-state index contributed by atoms with van der Waals surface area (Å²) >= 11 is 1.66. The largest absolute Gasteiger partial charge is 0.399 e. The first-order chi connectivity index (χ1) is 7.15. The molecule has 0 saturated heterocycles. The third kappa shape index (κ3) is 2.27. The Morgan fingerprint density at radius 1 is 1.20 bits per heavy atom. The Labute approximate surface area is 93.0 Å². The molecule has 0 aliphatic rings. The molecule has 0 bridgehead atoms. The predicted octanol–water partition coefficient (Wildman–Crippen LogP) is 3.09. The summed E-state index contributed by atoms with van der Waals surface area (Å²) in [6.45, 7) is 4.08. The number of hydrogen-bond acceptors (Lipinski definition) is 4. The monoisotopic (exact) mass is 219 g/mol. The first kappa shape index (κ1) is 9.98. The molecule has 0 radical (unpaired) electrons. The number of aryl methyl sites for hydroxylation is 2. The van der Waals surface area contributed by atoms with E-state index < -0.39 is 0 Å². The molecule has 0 atom stereocenters. The molecule has 0 aliphatic heterocycles. The van der Waals surface area contributed by atoms with Crippen LogP contribution < -0.4 is 11.1 Å². The molecule has 3 N–H and O–H groups in total. The van der Waals surface area contributed by atoms with Crippen molar-refractivity contribution in [3.05, 3.63) is 34.8 Å². The maximum Gasteiger partial charge on any atom is 0.187 e. The molecule has 0 fully saturated rings. The Balaban J connectivity index is 2.18. The van der Waals surface area contributed by atoms with Crippen LogP contribution in [-0.4, -0.2) is 4.98 Å². The maximum atomic E-state index is 5.61. The number of anilines is 3. The van der Waals surface area contributed by atoms with Crippen molar-refractivity contribution in [3.63, 3.8) is 0 Å². The number of rotatable bonds is 2. The van der Waals surface area contributed by atoms with E-state index >= 15 is 0 Å². The molecule has 0 saturated carbocycles. The van der Waals surface area contributed by atoms with Gasteiger partial charge < -0.3 is 11.1 Å². The Morgan fingerprint density at radius 2 is 1.87 bits per heavy atom. The van der Waals surface area contributed by atoms with Gasteiger partial charge >= 0.3 is 0 Å². The number of benzene rings is 1. The molecule has 0 unspecified atom stereocenters. The highest BCUT2D eigenvalue weighted by Crippen LogP contribution is 2.24. The highest BCUT2D eigenvalue weighted by atomic mass is 32.1.